The minimum absolute atomic E-state index is 0.110. The van der Waals surface area contributed by atoms with Gasteiger partial charge in [0, 0.05) is 38.3 Å². The summed E-state index contributed by atoms with van der Waals surface area (Å²) in [6, 6.07) is 9.32. The molecule has 0 unspecified atom stereocenters. The zero-order chi connectivity index (χ0) is 13.7. The number of halogens is 2. The van der Waals surface area contributed by atoms with Crippen LogP contribution < -0.4 is 0 Å². The summed E-state index contributed by atoms with van der Waals surface area (Å²) in [5.74, 6) is 0. The molecule has 0 aliphatic rings. The van der Waals surface area contributed by atoms with Crippen molar-refractivity contribution in [2.75, 3.05) is 0 Å². The van der Waals surface area contributed by atoms with Gasteiger partial charge in [-0.05, 0) is 24.3 Å². The molecule has 19 heavy (non-hydrogen) atoms. The molecule has 6 heteroatoms. The first-order valence-corrected chi connectivity index (χ1v) is 7.09. The number of benzene rings is 2. The van der Waals surface area contributed by atoms with E-state index in [0.717, 1.165) is 20.8 Å². The van der Waals surface area contributed by atoms with Gasteiger partial charge in [0.2, 0.25) is 0 Å². The average molecular weight is 384 g/mol. The van der Waals surface area contributed by atoms with Crippen molar-refractivity contribution in [3.8, 4) is 0 Å². The van der Waals surface area contributed by atoms with Gasteiger partial charge >= 0.3 is 0 Å². The normalized spacial score (nSPS) is 11.3. The summed E-state index contributed by atoms with van der Waals surface area (Å²) in [6.45, 7) is 0. The van der Waals surface area contributed by atoms with Gasteiger partial charge in [-0.3, -0.25) is 10.1 Å². The van der Waals surface area contributed by atoms with Gasteiger partial charge in [-0.25, -0.2) is 0 Å². The van der Waals surface area contributed by atoms with Gasteiger partial charge in [0.25, 0.3) is 5.69 Å². The lowest BCUT2D eigenvalue weighted by atomic mass is 10.1. The molecule has 0 saturated carbocycles. The first-order chi connectivity index (χ1) is 8.99. The van der Waals surface area contributed by atoms with E-state index in [9.17, 15) is 10.1 Å². The molecule has 0 radical (unpaired) electrons. The molecule has 1 aromatic heterocycles. The molecule has 0 saturated heterocycles. The highest BCUT2D eigenvalue weighted by molar-refractivity contribution is 9.10. The van der Waals surface area contributed by atoms with E-state index in [1.165, 1.54) is 6.07 Å². The number of non-ortho nitro benzene ring substituents is 1. The second kappa shape index (κ2) is 4.31. The third-order valence-electron chi connectivity index (χ3n) is 3.20. The van der Waals surface area contributed by atoms with Crippen molar-refractivity contribution in [3.05, 3.63) is 49.4 Å². The van der Waals surface area contributed by atoms with E-state index in [0.29, 0.717) is 9.99 Å². The Balaban J connectivity index is 2.61. The third kappa shape index (κ3) is 1.86. The Hall–Kier alpha value is -1.40. The van der Waals surface area contributed by atoms with E-state index < -0.39 is 0 Å². The van der Waals surface area contributed by atoms with Gasteiger partial charge in [-0.15, -0.1) is 0 Å². The van der Waals surface area contributed by atoms with Crippen LogP contribution in [0.15, 0.2) is 39.3 Å². The number of fused-ring (bicyclic) bond motifs is 3. The van der Waals surface area contributed by atoms with E-state index in [4.69, 9.17) is 0 Å². The van der Waals surface area contributed by atoms with Crippen LogP contribution in [-0.4, -0.2) is 9.49 Å². The number of rotatable bonds is 1. The molecule has 3 rings (SSSR count). The Morgan fingerprint density at radius 1 is 1.11 bits per heavy atom. The maximum absolute atomic E-state index is 11.2. The maximum atomic E-state index is 11.2. The van der Waals surface area contributed by atoms with Gasteiger partial charge in [0.05, 0.1) is 4.92 Å². The quantitative estimate of drug-likeness (QED) is 0.449. The molecular formula is C13H8Br2N2O2. The maximum Gasteiger partial charge on any atom is 0.294 e. The SMILES string of the molecule is Cn1c2ccc(Br)cc2c2cc(Br)cc([N+](=O)[O-])c21. The van der Waals surface area contributed by atoms with Gasteiger partial charge in [0.1, 0.15) is 5.52 Å². The summed E-state index contributed by atoms with van der Waals surface area (Å²) in [4.78, 5) is 10.9. The Morgan fingerprint density at radius 2 is 1.79 bits per heavy atom. The van der Waals surface area contributed by atoms with Crippen LogP contribution in [0.25, 0.3) is 21.8 Å². The second-order valence-electron chi connectivity index (χ2n) is 4.30. The largest absolute Gasteiger partial charge is 0.338 e. The topological polar surface area (TPSA) is 48.1 Å². The fraction of sp³-hybridized carbons (Fsp3) is 0.0769. The van der Waals surface area contributed by atoms with E-state index in [-0.39, 0.29) is 10.6 Å². The van der Waals surface area contributed by atoms with Crippen LogP contribution in [0.1, 0.15) is 0 Å². The van der Waals surface area contributed by atoms with Crippen LogP contribution in [-0.2, 0) is 7.05 Å². The fourth-order valence-corrected chi connectivity index (χ4v) is 3.23. The van der Waals surface area contributed by atoms with Crippen molar-refractivity contribution in [2.45, 2.75) is 0 Å². The van der Waals surface area contributed by atoms with Crippen molar-refractivity contribution in [1.82, 2.24) is 4.57 Å². The van der Waals surface area contributed by atoms with Crippen LogP contribution >= 0.6 is 31.9 Å². The second-order valence-corrected chi connectivity index (χ2v) is 6.13. The monoisotopic (exact) mass is 382 g/mol. The predicted octanol–water partition coefficient (Wildman–Crippen LogP) is 4.76. The number of aryl methyl sites for hydroxylation is 1. The molecule has 1 heterocycles. The minimum Gasteiger partial charge on any atom is -0.338 e. The zero-order valence-corrected chi connectivity index (χ0v) is 13.0. The number of nitro groups is 1. The number of nitro benzene ring substituents is 1. The molecule has 0 bridgehead atoms. The van der Waals surface area contributed by atoms with Crippen molar-refractivity contribution in [2.24, 2.45) is 7.05 Å². The number of aromatic nitrogens is 1. The van der Waals surface area contributed by atoms with Crippen LogP contribution in [0.2, 0.25) is 0 Å². The molecular weight excluding hydrogens is 376 g/mol. The summed E-state index contributed by atoms with van der Waals surface area (Å²) in [5.41, 5.74) is 1.72. The number of hydrogen-bond donors (Lipinski definition) is 0. The molecule has 0 aliphatic heterocycles. The minimum atomic E-state index is -0.346. The summed E-state index contributed by atoms with van der Waals surface area (Å²) in [7, 11) is 1.85. The molecule has 2 aromatic carbocycles. The predicted molar refractivity (Wildman–Crippen MR) is 82.5 cm³/mol. The molecule has 3 aromatic rings. The highest BCUT2D eigenvalue weighted by atomic mass is 79.9. The van der Waals surface area contributed by atoms with E-state index >= 15 is 0 Å². The van der Waals surface area contributed by atoms with Gasteiger partial charge < -0.3 is 4.57 Å². The summed E-state index contributed by atoms with van der Waals surface area (Å²) < 4.78 is 3.52. The molecule has 0 spiro atoms. The fourth-order valence-electron chi connectivity index (χ4n) is 2.42. The van der Waals surface area contributed by atoms with Crippen molar-refractivity contribution in [1.29, 1.82) is 0 Å². The number of nitrogens with zero attached hydrogens (tertiary/aromatic N) is 2. The van der Waals surface area contributed by atoms with E-state index in [2.05, 4.69) is 31.9 Å². The molecule has 0 fully saturated rings. The first-order valence-electron chi connectivity index (χ1n) is 5.50. The lowest BCUT2D eigenvalue weighted by Crippen LogP contribution is -1.94. The average Bonchev–Trinajstić information content (AvgIpc) is 2.62. The molecule has 96 valence electrons. The van der Waals surface area contributed by atoms with Gasteiger partial charge in [-0.1, -0.05) is 31.9 Å². The van der Waals surface area contributed by atoms with E-state index in [1.807, 2.05) is 35.9 Å². The standard InChI is InChI=1S/C13H8Br2N2O2/c1-16-11-3-2-7(14)4-9(11)10-5-8(15)6-12(13(10)16)17(18)19/h2-6H,1H3. The molecule has 0 atom stereocenters. The smallest absolute Gasteiger partial charge is 0.294 e. The van der Waals surface area contributed by atoms with Crippen LogP contribution in [0.3, 0.4) is 0 Å². The van der Waals surface area contributed by atoms with Gasteiger partial charge in [-0.2, -0.15) is 0 Å². The molecule has 0 N–H and O–H groups in total. The lowest BCUT2D eigenvalue weighted by Gasteiger charge is -2.00. The van der Waals surface area contributed by atoms with Gasteiger partial charge in [0.15, 0.2) is 0 Å². The highest BCUT2D eigenvalue weighted by Crippen LogP contribution is 2.37. The first kappa shape index (κ1) is 12.6. The Bertz CT molecular complexity index is 840. The Morgan fingerprint density at radius 3 is 2.47 bits per heavy atom. The van der Waals surface area contributed by atoms with Crippen LogP contribution in [0.4, 0.5) is 5.69 Å². The highest BCUT2D eigenvalue weighted by Gasteiger charge is 2.19. The summed E-state index contributed by atoms with van der Waals surface area (Å²) in [6.07, 6.45) is 0. The van der Waals surface area contributed by atoms with Crippen molar-refractivity contribution < 1.29 is 4.92 Å². The Labute approximate surface area is 125 Å². The molecule has 0 aliphatic carbocycles. The lowest BCUT2D eigenvalue weighted by molar-refractivity contribution is -0.383. The van der Waals surface area contributed by atoms with Crippen LogP contribution in [0.5, 0.6) is 0 Å². The molecule has 0 amide bonds. The van der Waals surface area contributed by atoms with E-state index in [1.54, 1.807) is 0 Å². The van der Waals surface area contributed by atoms with Crippen molar-refractivity contribution >= 4 is 59.4 Å². The van der Waals surface area contributed by atoms with Crippen LogP contribution in [0, 0.1) is 10.1 Å². The third-order valence-corrected chi connectivity index (χ3v) is 4.15. The molecule has 4 nitrogen and oxygen atoms in total. The zero-order valence-electron chi connectivity index (χ0n) is 9.85. The Kier molecular flexibility index (Phi) is 2.87. The van der Waals surface area contributed by atoms with Crippen molar-refractivity contribution in [3.63, 3.8) is 0 Å². The summed E-state index contributed by atoms with van der Waals surface area (Å²) in [5, 5.41) is 13.1. The number of hydrogen-bond acceptors (Lipinski definition) is 2. The summed E-state index contributed by atoms with van der Waals surface area (Å²) >= 11 is 6.78.